The topological polar surface area (TPSA) is 35.5 Å². The predicted octanol–water partition coefficient (Wildman–Crippen LogP) is 1.23. The highest BCUT2D eigenvalue weighted by Gasteiger charge is 2.30. The summed E-state index contributed by atoms with van der Waals surface area (Å²) in [6.07, 6.45) is -3.01. The Bertz CT molecular complexity index is 176. The van der Waals surface area contributed by atoms with Crippen molar-refractivity contribution in [3.8, 4) is 0 Å². The van der Waals surface area contributed by atoms with Crippen LogP contribution in [0.4, 0.5) is 13.2 Å². The van der Waals surface area contributed by atoms with E-state index in [-0.39, 0.29) is 12.6 Å². The second kappa shape index (κ2) is 7.86. The number of halogens is 3. The van der Waals surface area contributed by atoms with Crippen molar-refractivity contribution >= 4 is 0 Å². The fourth-order valence-corrected chi connectivity index (χ4v) is 1.60. The maximum atomic E-state index is 12.3. The Labute approximate surface area is 94.6 Å². The fourth-order valence-electron chi connectivity index (χ4n) is 1.60. The minimum atomic E-state index is -4.16. The predicted molar refractivity (Wildman–Crippen MR) is 57.3 cm³/mol. The Balaban J connectivity index is 4.19. The summed E-state index contributed by atoms with van der Waals surface area (Å²) in [5.74, 6) is 0. The molecule has 0 saturated heterocycles. The molecule has 1 atom stereocenters. The number of hydrogen-bond donors (Lipinski definition) is 2. The van der Waals surface area contributed by atoms with Gasteiger partial charge in [-0.15, -0.1) is 0 Å². The van der Waals surface area contributed by atoms with Gasteiger partial charge in [0.15, 0.2) is 0 Å². The molecular formula is C10H21F3N2O. The molecule has 0 aliphatic carbocycles. The number of nitrogens with zero attached hydrogens (tertiary/aromatic N) is 1. The summed E-state index contributed by atoms with van der Waals surface area (Å²) in [5, 5.41) is 11.7. The second-order valence-electron chi connectivity index (χ2n) is 3.85. The number of alkyl halides is 3. The Morgan fingerprint density at radius 1 is 1.38 bits per heavy atom. The van der Waals surface area contributed by atoms with Crippen molar-refractivity contribution in [2.24, 2.45) is 0 Å². The third-order valence-corrected chi connectivity index (χ3v) is 2.31. The summed E-state index contributed by atoms with van der Waals surface area (Å²) in [4.78, 5) is 1.37. The van der Waals surface area contributed by atoms with Crippen molar-refractivity contribution in [1.82, 2.24) is 10.2 Å². The van der Waals surface area contributed by atoms with E-state index in [1.807, 2.05) is 6.92 Å². The van der Waals surface area contributed by atoms with Gasteiger partial charge in [-0.3, -0.25) is 4.90 Å². The standard InChI is InChI=1S/C10H21F3N2O/c1-3-5-15(8-10(11,12)13)7-9(14-2)4-6-16/h9,14,16H,3-8H2,1-2H3. The van der Waals surface area contributed by atoms with Crippen molar-refractivity contribution in [3.05, 3.63) is 0 Å². The van der Waals surface area contributed by atoms with Crippen LogP contribution in [0.5, 0.6) is 0 Å². The Morgan fingerprint density at radius 3 is 2.38 bits per heavy atom. The second-order valence-corrected chi connectivity index (χ2v) is 3.85. The van der Waals surface area contributed by atoms with Gasteiger partial charge in [-0.25, -0.2) is 0 Å². The van der Waals surface area contributed by atoms with E-state index < -0.39 is 12.7 Å². The third kappa shape index (κ3) is 7.90. The number of nitrogens with one attached hydrogen (secondary N) is 1. The van der Waals surface area contributed by atoms with Gasteiger partial charge in [0, 0.05) is 19.2 Å². The molecule has 2 N–H and O–H groups in total. The maximum absolute atomic E-state index is 12.3. The monoisotopic (exact) mass is 242 g/mol. The van der Waals surface area contributed by atoms with Gasteiger partial charge in [0.25, 0.3) is 0 Å². The molecule has 0 bridgehead atoms. The SMILES string of the molecule is CCCN(CC(CCO)NC)CC(F)(F)F. The molecule has 0 aromatic carbocycles. The van der Waals surface area contributed by atoms with Gasteiger partial charge in [-0.2, -0.15) is 13.2 Å². The van der Waals surface area contributed by atoms with E-state index in [0.29, 0.717) is 25.9 Å². The summed E-state index contributed by atoms with van der Waals surface area (Å²) >= 11 is 0. The van der Waals surface area contributed by atoms with E-state index in [2.05, 4.69) is 5.32 Å². The highest BCUT2D eigenvalue weighted by atomic mass is 19.4. The fraction of sp³-hybridized carbons (Fsp3) is 1.00. The first-order chi connectivity index (χ1) is 7.42. The van der Waals surface area contributed by atoms with E-state index in [0.717, 1.165) is 0 Å². The quantitative estimate of drug-likeness (QED) is 0.672. The van der Waals surface area contributed by atoms with Crippen LogP contribution in [0.15, 0.2) is 0 Å². The van der Waals surface area contributed by atoms with E-state index in [9.17, 15) is 13.2 Å². The van der Waals surface area contributed by atoms with Crippen molar-refractivity contribution in [1.29, 1.82) is 0 Å². The van der Waals surface area contributed by atoms with Gasteiger partial charge in [-0.1, -0.05) is 6.92 Å². The minimum absolute atomic E-state index is 0.0164. The van der Waals surface area contributed by atoms with Crippen LogP contribution in [-0.4, -0.2) is 55.5 Å². The molecule has 0 fully saturated rings. The van der Waals surface area contributed by atoms with Crippen molar-refractivity contribution in [3.63, 3.8) is 0 Å². The van der Waals surface area contributed by atoms with E-state index >= 15 is 0 Å². The number of likely N-dealkylation sites (N-methyl/N-ethyl adjacent to an activating group) is 1. The molecule has 0 aromatic rings. The lowest BCUT2D eigenvalue weighted by atomic mass is 10.2. The lowest BCUT2D eigenvalue weighted by Gasteiger charge is -2.27. The van der Waals surface area contributed by atoms with Gasteiger partial charge < -0.3 is 10.4 Å². The molecule has 3 nitrogen and oxygen atoms in total. The zero-order valence-corrected chi connectivity index (χ0v) is 9.85. The molecule has 1 unspecified atom stereocenters. The minimum Gasteiger partial charge on any atom is -0.396 e. The van der Waals surface area contributed by atoms with Crippen LogP contribution in [0.3, 0.4) is 0 Å². The molecule has 0 heterocycles. The molecule has 6 heteroatoms. The molecule has 16 heavy (non-hydrogen) atoms. The summed E-state index contributed by atoms with van der Waals surface area (Å²) < 4.78 is 36.8. The highest BCUT2D eigenvalue weighted by Crippen LogP contribution is 2.17. The van der Waals surface area contributed by atoms with Gasteiger partial charge >= 0.3 is 6.18 Å². The van der Waals surface area contributed by atoms with Crippen LogP contribution in [0.2, 0.25) is 0 Å². The Kier molecular flexibility index (Phi) is 7.70. The molecule has 0 aromatic heterocycles. The van der Waals surface area contributed by atoms with Crippen molar-refractivity contribution < 1.29 is 18.3 Å². The summed E-state index contributed by atoms with van der Waals surface area (Å²) in [6, 6.07) is -0.0982. The normalized spacial score (nSPS) is 14.4. The zero-order chi connectivity index (χ0) is 12.6. The lowest BCUT2D eigenvalue weighted by Crippen LogP contribution is -2.44. The molecule has 0 aliphatic rings. The molecule has 0 radical (unpaired) electrons. The van der Waals surface area contributed by atoms with Crippen molar-refractivity contribution in [2.75, 3.05) is 33.3 Å². The van der Waals surface area contributed by atoms with Crippen LogP contribution in [-0.2, 0) is 0 Å². The zero-order valence-electron chi connectivity index (χ0n) is 9.85. The summed E-state index contributed by atoms with van der Waals surface area (Å²) in [7, 11) is 1.69. The van der Waals surface area contributed by atoms with E-state index in [1.165, 1.54) is 4.90 Å². The van der Waals surface area contributed by atoms with E-state index in [1.54, 1.807) is 7.05 Å². The molecule has 0 spiro atoms. The van der Waals surface area contributed by atoms with Crippen LogP contribution in [0.25, 0.3) is 0 Å². The van der Waals surface area contributed by atoms with E-state index in [4.69, 9.17) is 5.11 Å². The first kappa shape index (κ1) is 15.7. The number of aliphatic hydroxyl groups is 1. The molecular weight excluding hydrogens is 221 g/mol. The van der Waals surface area contributed by atoms with Crippen LogP contribution in [0, 0.1) is 0 Å². The van der Waals surface area contributed by atoms with Crippen molar-refractivity contribution in [2.45, 2.75) is 32.0 Å². The Hall–Kier alpha value is -0.330. The van der Waals surface area contributed by atoms with Crippen LogP contribution < -0.4 is 5.32 Å². The van der Waals surface area contributed by atoms with Gasteiger partial charge in [0.1, 0.15) is 0 Å². The number of hydrogen-bond acceptors (Lipinski definition) is 3. The van der Waals surface area contributed by atoms with Crippen LogP contribution in [0.1, 0.15) is 19.8 Å². The molecule has 0 saturated carbocycles. The van der Waals surface area contributed by atoms with Gasteiger partial charge in [-0.05, 0) is 26.4 Å². The molecule has 0 aliphatic heterocycles. The van der Waals surface area contributed by atoms with Gasteiger partial charge in [0.2, 0.25) is 0 Å². The van der Waals surface area contributed by atoms with Crippen LogP contribution >= 0.6 is 0 Å². The molecule has 0 rings (SSSR count). The largest absolute Gasteiger partial charge is 0.401 e. The maximum Gasteiger partial charge on any atom is 0.401 e. The molecule has 0 amide bonds. The first-order valence-electron chi connectivity index (χ1n) is 5.50. The smallest absolute Gasteiger partial charge is 0.396 e. The number of rotatable bonds is 8. The summed E-state index contributed by atoms with van der Waals surface area (Å²) in [6.45, 7) is 1.68. The lowest BCUT2D eigenvalue weighted by molar-refractivity contribution is -0.146. The Morgan fingerprint density at radius 2 is 2.00 bits per heavy atom. The third-order valence-electron chi connectivity index (χ3n) is 2.31. The number of aliphatic hydroxyl groups excluding tert-OH is 1. The summed E-state index contributed by atoms with van der Waals surface area (Å²) in [5.41, 5.74) is 0. The van der Waals surface area contributed by atoms with Gasteiger partial charge in [0.05, 0.1) is 6.54 Å². The molecule has 98 valence electrons. The average Bonchev–Trinajstić information content (AvgIpc) is 2.15. The highest BCUT2D eigenvalue weighted by molar-refractivity contribution is 4.72. The average molecular weight is 242 g/mol. The first-order valence-corrected chi connectivity index (χ1v) is 5.50.